The van der Waals surface area contributed by atoms with Crippen LogP contribution in [0.1, 0.15) is 68.9 Å². The third-order valence-electron chi connectivity index (χ3n) is 7.29. The maximum Gasteiger partial charge on any atom is 0.416 e. The van der Waals surface area contributed by atoms with Gasteiger partial charge in [0.15, 0.2) is 0 Å². The molecule has 29 heavy (non-hydrogen) atoms. The highest BCUT2D eigenvalue weighted by atomic mass is 19.4. The highest BCUT2D eigenvalue weighted by Crippen LogP contribution is 2.48. The molecule has 4 heteroatoms. The third-order valence-corrected chi connectivity index (χ3v) is 7.29. The van der Waals surface area contributed by atoms with Crippen molar-refractivity contribution < 1.29 is 17.6 Å². The molecule has 0 amide bonds. The van der Waals surface area contributed by atoms with Gasteiger partial charge in [-0.05, 0) is 85.1 Å². The predicted molar refractivity (Wildman–Crippen MR) is 108 cm³/mol. The molecule has 2 aromatic carbocycles. The zero-order valence-corrected chi connectivity index (χ0v) is 16.8. The van der Waals surface area contributed by atoms with Crippen molar-refractivity contribution >= 4 is 0 Å². The minimum atomic E-state index is -4.38. The maximum absolute atomic E-state index is 14.8. The van der Waals surface area contributed by atoms with Crippen molar-refractivity contribution in [3.05, 3.63) is 59.4 Å². The molecule has 156 valence electrons. The highest BCUT2D eigenvalue weighted by Gasteiger charge is 2.35. The van der Waals surface area contributed by atoms with Crippen LogP contribution < -0.4 is 0 Å². The fourth-order valence-corrected chi connectivity index (χ4v) is 5.52. The zero-order valence-electron chi connectivity index (χ0n) is 16.8. The number of fused-ring (bicyclic) bond motifs is 1. The lowest BCUT2D eigenvalue weighted by Gasteiger charge is -2.42. The number of rotatable bonds is 3. The predicted octanol–water partition coefficient (Wildman–Crippen LogP) is 8.22. The first-order chi connectivity index (χ1) is 13.8. The second-order valence-corrected chi connectivity index (χ2v) is 8.93. The Labute approximate surface area is 170 Å². The third kappa shape index (κ3) is 4.36. The van der Waals surface area contributed by atoms with E-state index in [-0.39, 0.29) is 5.82 Å². The normalized spacial score (nSPS) is 27.5. The van der Waals surface area contributed by atoms with E-state index in [1.54, 1.807) is 12.1 Å². The molecule has 2 aromatic rings. The van der Waals surface area contributed by atoms with Gasteiger partial charge in [-0.1, -0.05) is 44.0 Å². The van der Waals surface area contributed by atoms with Crippen molar-refractivity contribution in [3.63, 3.8) is 0 Å². The molecule has 0 nitrogen and oxygen atoms in total. The minimum absolute atomic E-state index is 0.348. The van der Waals surface area contributed by atoms with Crippen molar-refractivity contribution in [3.8, 4) is 11.1 Å². The van der Waals surface area contributed by atoms with Crippen molar-refractivity contribution in [1.82, 2.24) is 0 Å². The SMILES string of the molecule is CCC1CCC2CC(c3ccc(-c4ccc(C(F)(F)F)cc4)c(F)c3)CCC2C1. The average molecular weight is 404 g/mol. The topological polar surface area (TPSA) is 0 Å². The second-order valence-electron chi connectivity index (χ2n) is 8.93. The van der Waals surface area contributed by atoms with Gasteiger partial charge in [0, 0.05) is 5.56 Å². The molecule has 0 saturated heterocycles. The van der Waals surface area contributed by atoms with E-state index in [1.165, 1.54) is 44.2 Å². The summed E-state index contributed by atoms with van der Waals surface area (Å²) < 4.78 is 53.1. The fourth-order valence-electron chi connectivity index (χ4n) is 5.52. The molecule has 2 aliphatic rings. The molecule has 0 radical (unpaired) electrons. The van der Waals surface area contributed by atoms with Gasteiger partial charge in [0.25, 0.3) is 0 Å². The Morgan fingerprint density at radius 3 is 2.21 bits per heavy atom. The average Bonchev–Trinajstić information content (AvgIpc) is 2.72. The molecule has 4 atom stereocenters. The summed E-state index contributed by atoms with van der Waals surface area (Å²) in [7, 11) is 0. The van der Waals surface area contributed by atoms with E-state index in [4.69, 9.17) is 0 Å². The molecular formula is C25H28F4. The van der Waals surface area contributed by atoms with Crippen molar-refractivity contribution in [2.75, 3.05) is 0 Å². The molecule has 0 aliphatic heterocycles. The molecular weight excluding hydrogens is 376 g/mol. The highest BCUT2D eigenvalue weighted by molar-refractivity contribution is 5.65. The molecule has 0 N–H and O–H groups in total. The van der Waals surface area contributed by atoms with Crippen LogP contribution in [-0.4, -0.2) is 0 Å². The molecule has 0 heterocycles. The van der Waals surface area contributed by atoms with Crippen LogP contribution in [-0.2, 0) is 6.18 Å². The number of benzene rings is 2. The summed E-state index contributed by atoms with van der Waals surface area (Å²) >= 11 is 0. The summed E-state index contributed by atoms with van der Waals surface area (Å²) in [5.41, 5.74) is 1.16. The fraction of sp³-hybridized carbons (Fsp3) is 0.520. The van der Waals surface area contributed by atoms with Crippen LogP contribution in [0.3, 0.4) is 0 Å². The lowest BCUT2D eigenvalue weighted by Crippen LogP contribution is -2.30. The smallest absolute Gasteiger partial charge is 0.206 e. The van der Waals surface area contributed by atoms with Crippen LogP contribution >= 0.6 is 0 Å². The van der Waals surface area contributed by atoms with E-state index in [1.807, 2.05) is 6.07 Å². The van der Waals surface area contributed by atoms with E-state index in [0.717, 1.165) is 48.3 Å². The van der Waals surface area contributed by atoms with E-state index >= 15 is 0 Å². The summed E-state index contributed by atoms with van der Waals surface area (Å²) in [6.07, 6.45) is 4.36. The van der Waals surface area contributed by atoms with Crippen LogP contribution in [0.25, 0.3) is 11.1 Å². The largest absolute Gasteiger partial charge is 0.416 e. The maximum atomic E-state index is 14.8. The van der Waals surface area contributed by atoms with Gasteiger partial charge < -0.3 is 0 Å². The summed E-state index contributed by atoms with van der Waals surface area (Å²) in [4.78, 5) is 0. The quantitative estimate of drug-likeness (QED) is 0.452. The Kier molecular flexibility index (Phi) is 5.72. The van der Waals surface area contributed by atoms with Gasteiger partial charge in [-0.2, -0.15) is 13.2 Å². The first-order valence-electron chi connectivity index (χ1n) is 10.8. The summed E-state index contributed by atoms with van der Waals surface area (Å²) in [5.74, 6) is 2.52. The molecule has 0 spiro atoms. The van der Waals surface area contributed by atoms with E-state index in [9.17, 15) is 17.6 Å². The van der Waals surface area contributed by atoms with Gasteiger partial charge in [-0.3, -0.25) is 0 Å². The molecule has 0 bridgehead atoms. The Hall–Kier alpha value is -1.84. The van der Waals surface area contributed by atoms with Crippen LogP contribution in [0.15, 0.2) is 42.5 Å². The molecule has 2 saturated carbocycles. The molecule has 4 rings (SSSR count). The lowest BCUT2D eigenvalue weighted by atomic mass is 9.63. The van der Waals surface area contributed by atoms with Crippen LogP contribution in [0.2, 0.25) is 0 Å². The van der Waals surface area contributed by atoms with Crippen LogP contribution in [0.5, 0.6) is 0 Å². The van der Waals surface area contributed by atoms with Gasteiger partial charge in [0.05, 0.1) is 5.56 Å². The molecule has 4 unspecified atom stereocenters. The Morgan fingerprint density at radius 1 is 0.862 bits per heavy atom. The minimum Gasteiger partial charge on any atom is -0.206 e. The lowest BCUT2D eigenvalue weighted by molar-refractivity contribution is -0.137. The number of hydrogen-bond donors (Lipinski definition) is 0. The van der Waals surface area contributed by atoms with Gasteiger partial charge in [0.2, 0.25) is 0 Å². The summed E-state index contributed by atoms with van der Waals surface area (Å²) in [6, 6.07) is 10.0. The first kappa shape index (κ1) is 20.4. The second kappa shape index (κ2) is 8.12. The van der Waals surface area contributed by atoms with Crippen molar-refractivity contribution in [1.29, 1.82) is 0 Å². The Morgan fingerprint density at radius 2 is 1.55 bits per heavy atom. The monoisotopic (exact) mass is 404 g/mol. The van der Waals surface area contributed by atoms with Crippen LogP contribution in [0, 0.1) is 23.6 Å². The van der Waals surface area contributed by atoms with Gasteiger partial charge in [0.1, 0.15) is 5.82 Å². The number of halogens is 4. The van der Waals surface area contributed by atoms with Crippen molar-refractivity contribution in [2.24, 2.45) is 17.8 Å². The standard InChI is InChI=1S/C25H28F4/c1-2-16-3-4-19-14-20(6-5-18(19)13-16)21-9-12-23(24(26)15-21)17-7-10-22(11-8-17)25(27,28)29/h7-12,15-16,18-20H,2-6,13-14H2,1H3. The van der Waals surface area contributed by atoms with E-state index < -0.39 is 11.7 Å². The number of alkyl halides is 3. The van der Waals surface area contributed by atoms with Crippen molar-refractivity contribution in [2.45, 2.75) is 64.0 Å². The molecule has 2 fully saturated rings. The summed E-state index contributed by atoms with van der Waals surface area (Å²) in [5, 5.41) is 0. The first-order valence-corrected chi connectivity index (χ1v) is 10.8. The molecule has 2 aliphatic carbocycles. The Balaban J connectivity index is 1.48. The van der Waals surface area contributed by atoms with Gasteiger partial charge >= 0.3 is 6.18 Å². The van der Waals surface area contributed by atoms with Gasteiger partial charge in [-0.15, -0.1) is 0 Å². The van der Waals surface area contributed by atoms with Crippen LogP contribution in [0.4, 0.5) is 17.6 Å². The summed E-state index contributed by atoms with van der Waals surface area (Å²) in [6.45, 7) is 2.29. The van der Waals surface area contributed by atoms with Gasteiger partial charge in [-0.25, -0.2) is 4.39 Å². The Bertz CT molecular complexity index is 837. The number of hydrogen-bond acceptors (Lipinski definition) is 0. The van der Waals surface area contributed by atoms with E-state index in [2.05, 4.69) is 6.92 Å². The van der Waals surface area contributed by atoms with E-state index in [0.29, 0.717) is 17.0 Å². The molecule has 0 aromatic heterocycles. The zero-order chi connectivity index (χ0) is 20.6.